The minimum absolute atomic E-state index is 0.246. The molecule has 1 aliphatic rings. The first kappa shape index (κ1) is 19.0. The van der Waals surface area contributed by atoms with Crippen molar-refractivity contribution < 1.29 is 9.53 Å². The number of likely N-dealkylation sites (tertiary alicyclic amines) is 1. The van der Waals surface area contributed by atoms with Crippen LogP contribution in [0.2, 0.25) is 0 Å². The molecular weight excluding hydrogens is 422 g/mol. The molecule has 0 aliphatic carbocycles. The van der Waals surface area contributed by atoms with E-state index in [4.69, 9.17) is 10.5 Å². The van der Waals surface area contributed by atoms with E-state index in [1.54, 1.807) is 4.90 Å². The maximum Gasteiger partial charge on any atom is 0.410 e. The Hall–Kier alpha value is -2.35. The molecule has 2 aromatic heterocycles. The van der Waals surface area contributed by atoms with Crippen LogP contribution in [0.4, 0.5) is 10.6 Å². The molecule has 4 rings (SSSR count). The van der Waals surface area contributed by atoms with Gasteiger partial charge in [-0.1, -0.05) is 15.9 Å². The molecule has 1 saturated heterocycles. The third-order valence-electron chi connectivity index (χ3n) is 4.89. The number of carbonyl (C=O) groups excluding carboxylic acids is 1. The van der Waals surface area contributed by atoms with E-state index in [9.17, 15) is 4.79 Å². The summed E-state index contributed by atoms with van der Waals surface area (Å²) in [6.07, 6.45) is 1.44. The first-order valence-electron chi connectivity index (χ1n) is 9.41. The van der Waals surface area contributed by atoms with Crippen molar-refractivity contribution in [1.29, 1.82) is 0 Å². The Bertz CT molecular complexity index is 1060. The Morgan fingerprint density at radius 2 is 2.18 bits per heavy atom. The van der Waals surface area contributed by atoms with Crippen molar-refractivity contribution >= 4 is 49.8 Å². The zero-order valence-corrected chi connectivity index (χ0v) is 17.8. The van der Waals surface area contributed by atoms with Crippen molar-refractivity contribution in [2.24, 2.45) is 5.92 Å². The highest BCUT2D eigenvalue weighted by molar-refractivity contribution is 9.10. The number of hydrogen-bond acceptors (Lipinski definition) is 5. The number of nitrogens with two attached hydrogens (primary N) is 1. The van der Waals surface area contributed by atoms with Crippen LogP contribution >= 0.6 is 15.9 Å². The SMILES string of the molecule is CC(C)(C)OC(=O)N1CCC(Cc2nc3c(N)nc4cc(Br)ccc4c3[nH]2)C1. The lowest BCUT2D eigenvalue weighted by Gasteiger charge is -2.24. The molecule has 0 radical (unpaired) electrons. The number of ether oxygens (including phenoxy) is 1. The third-order valence-corrected chi connectivity index (χ3v) is 5.38. The van der Waals surface area contributed by atoms with E-state index >= 15 is 0 Å². The fourth-order valence-electron chi connectivity index (χ4n) is 3.66. The average Bonchev–Trinajstić information content (AvgIpc) is 3.21. The average molecular weight is 446 g/mol. The van der Waals surface area contributed by atoms with Gasteiger partial charge in [-0.3, -0.25) is 0 Å². The number of nitrogens with one attached hydrogen (secondary N) is 1. The van der Waals surface area contributed by atoms with Gasteiger partial charge in [0.15, 0.2) is 5.82 Å². The van der Waals surface area contributed by atoms with Gasteiger partial charge in [0.2, 0.25) is 0 Å². The highest BCUT2D eigenvalue weighted by atomic mass is 79.9. The van der Waals surface area contributed by atoms with Crippen LogP contribution in [0.5, 0.6) is 0 Å². The highest BCUT2D eigenvalue weighted by Crippen LogP contribution is 2.29. The number of aromatic nitrogens is 3. The van der Waals surface area contributed by atoms with E-state index in [0.29, 0.717) is 30.3 Å². The topological polar surface area (TPSA) is 97.1 Å². The molecule has 1 atom stereocenters. The van der Waals surface area contributed by atoms with Crippen molar-refractivity contribution in [1.82, 2.24) is 19.9 Å². The number of aromatic amines is 1. The standard InChI is InChI=1S/C20H24BrN5O2/c1-20(2,3)28-19(27)26-7-6-11(10-26)8-15-24-16-13-5-4-12(21)9-14(13)23-18(22)17(16)25-15/h4-5,9,11H,6-8,10H2,1-3H3,(H2,22,23)(H,24,25). The monoisotopic (exact) mass is 445 g/mol. The van der Waals surface area contributed by atoms with Crippen molar-refractivity contribution in [3.63, 3.8) is 0 Å². The number of fused-ring (bicyclic) bond motifs is 3. The Morgan fingerprint density at radius 3 is 2.93 bits per heavy atom. The molecule has 1 unspecified atom stereocenters. The van der Waals surface area contributed by atoms with E-state index in [0.717, 1.165) is 39.6 Å². The predicted octanol–water partition coefficient (Wildman–Crippen LogP) is 4.26. The Labute approximate surface area is 171 Å². The van der Waals surface area contributed by atoms with Crippen molar-refractivity contribution in [2.45, 2.75) is 39.2 Å². The molecule has 0 bridgehead atoms. The normalized spacial score (nSPS) is 17.6. The van der Waals surface area contributed by atoms with Gasteiger partial charge in [0.25, 0.3) is 0 Å². The number of benzene rings is 1. The molecule has 1 aliphatic heterocycles. The molecule has 3 heterocycles. The van der Waals surface area contributed by atoms with E-state index in [1.807, 2.05) is 39.0 Å². The van der Waals surface area contributed by atoms with Crippen LogP contribution in [-0.2, 0) is 11.2 Å². The maximum absolute atomic E-state index is 12.3. The summed E-state index contributed by atoms with van der Waals surface area (Å²) in [4.78, 5) is 26.6. The summed E-state index contributed by atoms with van der Waals surface area (Å²) in [5.74, 6) is 1.63. The predicted molar refractivity (Wildman–Crippen MR) is 113 cm³/mol. The van der Waals surface area contributed by atoms with Gasteiger partial charge in [-0.05, 0) is 51.3 Å². The van der Waals surface area contributed by atoms with E-state index < -0.39 is 5.60 Å². The lowest BCUT2D eigenvalue weighted by Crippen LogP contribution is -2.35. The van der Waals surface area contributed by atoms with E-state index in [-0.39, 0.29) is 6.09 Å². The summed E-state index contributed by atoms with van der Waals surface area (Å²) in [6.45, 7) is 7.03. The number of imidazole rings is 1. The highest BCUT2D eigenvalue weighted by Gasteiger charge is 2.30. The summed E-state index contributed by atoms with van der Waals surface area (Å²) in [7, 11) is 0. The van der Waals surface area contributed by atoms with Crippen LogP contribution in [0.15, 0.2) is 22.7 Å². The molecule has 28 heavy (non-hydrogen) atoms. The first-order valence-corrected chi connectivity index (χ1v) is 10.2. The van der Waals surface area contributed by atoms with Crippen LogP contribution in [-0.4, -0.2) is 44.6 Å². The van der Waals surface area contributed by atoms with Crippen LogP contribution in [0.25, 0.3) is 21.9 Å². The number of halogens is 1. The molecular formula is C20H24BrN5O2. The Kier molecular flexibility index (Phi) is 4.69. The van der Waals surface area contributed by atoms with Crippen LogP contribution in [0.1, 0.15) is 33.0 Å². The van der Waals surface area contributed by atoms with Crippen molar-refractivity contribution in [2.75, 3.05) is 18.8 Å². The second kappa shape index (κ2) is 6.92. The first-order chi connectivity index (χ1) is 13.2. The summed E-state index contributed by atoms with van der Waals surface area (Å²) >= 11 is 3.47. The number of nitrogen functional groups attached to an aromatic ring is 1. The number of H-pyrrole nitrogens is 1. The van der Waals surface area contributed by atoms with Crippen molar-refractivity contribution in [3.8, 4) is 0 Å². The van der Waals surface area contributed by atoms with Crippen molar-refractivity contribution in [3.05, 3.63) is 28.5 Å². The van der Waals surface area contributed by atoms with Gasteiger partial charge in [-0.25, -0.2) is 14.8 Å². The van der Waals surface area contributed by atoms with Gasteiger partial charge in [0, 0.05) is 29.4 Å². The molecule has 3 aromatic rings. The summed E-state index contributed by atoms with van der Waals surface area (Å²) < 4.78 is 6.43. The summed E-state index contributed by atoms with van der Waals surface area (Å²) in [6, 6.07) is 5.94. The lowest BCUT2D eigenvalue weighted by atomic mass is 10.1. The zero-order valence-electron chi connectivity index (χ0n) is 16.3. The quantitative estimate of drug-likeness (QED) is 0.613. The minimum atomic E-state index is -0.478. The van der Waals surface area contributed by atoms with Gasteiger partial charge in [0.1, 0.15) is 16.9 Å². The third kappa shape index (κ3) is 3.78. The number of rotatable bonds is 2. The summed E-state index contributed by atoms with van der Waals surface area (Å²) in [5, 5.41) is 0.993. The Morgan fingerprint density at radius 1 is 1.39 bits per heavy atom. The van der Waals surface area contributed by atoms with Gasteiger partial charge >= 0.3 is 6.09 Å². The van der Waals surface area contributed by atoms with Crippen LogP contribution in [0, 0.1) is 5.92 Å². The molecule has 7 nitrogen and oxygen atoms in total. The second-order valence-corrected chi connectivity index (χ2v) is 9.27. The van der Waals surface area contributed by atoms with Gasteiger partial charge in [-0.2, -0.15) is 0 Å². The number of hydrogen-bond donors (Lipinski definition) is 2. The largest absolute Gasteiger partial charge is 0.444 e. The second-order valence-electron chi connectivity index (χ2n) is 8.35. The van der Waals surface area contributed by atoms with Gasteiger partial charge in [-0.15, -0.1) is 0 Å². The minimum Gasteiger partial charge on any atom is -0.444 e. The Balaban J connectivity index is 1.54. The van der Waals surface area contributed by atoms with E-state index in [1.165, 1.54) is 0 Å². The molecule has 0 spiro atoms. The number of nitrogens with zero attached hydrogens (tertiary/aromatic N) is 3. The fourth-order valence-corrected chi connectivity index (χ4v) is 4.00. The number of carbonyl (C=O) groups is 1. The molecule has 1 fully saturated rings. The number of anilines is 1. The molecule has 148 valence electrons. The molecule has 1 aromatic carbocycles. The zero-order chi connectivity index (χ0) is 20.1. The molecule has 8 heteroatoms. The van der Waals surface area contributed by atoms with Crippen LogP contribution < -0.4 is 5.73 Å². The smallest absolute Gasteiger partial charge is 0.410 e. The van der Waals surface area contributed by atoms with E-state index in [2.05, 4.69) is 30.9 Å². The lowest BCUT2D eigenvalue weighted by molar-refractivity contribution is 0.0288. The van der Waals surface area contributed by atoms with Crippen LogP contribution in [0.3, 0.4) is 0 Å². The number of pyridine rings is 1. The summed E-state index contributed by atoms with van der Waals surface area (Å²) in [5.41, 5.74) is 8.09. The maximum atomic E-state index is 12.3. The molecule has 3 N–H and O–H groups in total. The molecule has 1 amide bonds. The van der Waals surface area contributed by atoms with Gasteiger partial charge in [0.05, 0.1) is 11.0 Å². The van der Waals surface area contributed by atoms with Gasteiger partial charge < -0.3 is 20.4 Å². The molecule has 0 saturated carbocycles. The number of amides is 1. The fraction of sp³-hybridized carbons (Fsp3) is 0.450.